The van der Waals surface area contributed by atoms with Crippen molar-refractivity contribution in [3.05, 3.63) is 35.3 Å². The maximum Gasteiger partial charge on any atom is 0.336 e. The quantitative estimate of drug-likeness (QED) is 0.448. The Morgan fingerprint density at radius 1 is 1.13 bits per heavy atom. The van der Waals surface area contributed by atoms with Crippen molar-refractivity contribution in [3.63, 3.8) is 0 Å². The van der Waals surface area contributed by atoms with Crippen LogP contribution in [0.1, 0.15) is 77.1 Å². The third-order valence-corrected chi connectivity index (χ3v) is 6.88. The molecule has 0 spiro atoms. The first-order valence-corrected chi connectivity index (χ1v) is 13.7. The molecule has 1 aliphatic rings. The number of hydrogen-bond acceptors (Lipinski definition) is 8. The van der Waals surface area contributed by atoms with Crippen LogP contribution in [0.2, 0.25) is 0 Å². The molecule has 10 nitrogen and oxygen atoms in total. The molecule has 0 radical (unpaired) electrons. The minimum absolute atomic E-state index is 0.00234. The maximum absolute atomic E-state index is 12.6. The Morgan fingerprint density at radius 3 is 2.50 bits per heavy atom. The summed E-state index contributed by atoms with van der Waals surface area (Å²) in [6.07, 6.45) is 7.78. The van der Waals surface area contributed by atoms with Crippen molar-refractivity contribution in [1.29, 1.82) is 0 Å². The Bertz CT molecular complexity index is 1260. The number of carbonyl (C=O) groups is 1. The summed E-state index contributed by atoms with van der Waals surface area (Å²) in [5, 5.41) is 4.60. The van der Waals surface area contributed by atoms with Crippen LogP contribution in [0.5, 0.6) is 6.01 Å². The normalized spacial score (nSPS) is 15.2. The molecule has 2 N–H and O–H groups in total. The number of aryl methyl sites for hydroxylation is 1. The van der Waals surface area contributed by atoms with Gasteiger partial charge in [0, 0.05) is 45.2 Å². The summed E-state index contributed by atoms with van der Waals surface area (Å²) in [5.74, 6) is 1.51. The Kier molecular flexibility index (Phi) is 8.38. The molecule has 0 bridgehead atoms. The summed E-state index contributed by atoms with van der Waals surface area (Å²) in [6.45, 7) is 15.6. The number of nitrogens with zero attached hydrogens (tertiary/aromatic N) is 7. The molecule has 4 heterocycles. The van der Waals surface area contributed by atoms with Gasteiger partial charge in [0.25, 0.3) is 0 Å². The standard InChI is InChI=1S/C28H42N8O2/c1-7-9-22(8-2)38-27-32-24(29)26-31-18-21(36(26)33-27)15-20-14-19(3)25(30-17-20)35-12-10-34(11-13-35)23(37)16-28(4,5)6/h14,17-18,22H,7-13,15-16H2,1-6H3,(H2,29,32,33). The lowest BCUT2D eigenvalue weighted by atomic mass is 9.91. The average molecular weight is 523 g/mol. The number of nitrogens with two attached hydrogens (primary N) is 1. The fraction of sp³-hybridized carbons (Fsp3) is 0.607. The van der Waals surface area contributed by atoms with E-state index in [0.717, 1.165) is 68.1 Å². The van der Waals surface area contributed by atoms with E-state index in [-0.39, 0.29) is 23.4 Å². The monoisotopic (exact) mass is 522 g/mol. The number of hydrogen-bond donors (Lipinski definition) is 1. The second kappa shape index (κ2) is 11.5. The lowest BCUT2D eigenvalue weighted by Crippen LogP contribution is -2.49. The van der Waals surface area contributed by atoms with E-state index in [1.165, 1.54) is 0 Å². The van der Waals surface area contributed by atoms with E-state index in [0.29, 0.717) is 24.3 Å². The van der Waals surface area contributed by atoms with Crippen LogP contribution in [-0.2, 0) is 11.2 Å². The van der Waals surface area contributed by atoms with E-state index in [1.807, 2.05) is 11.1 Å². The summed E-state index contributed by atoms with van der Waals surface area (Å²) in [7, 11) is 0. The number of amides is 1. The number of ether oxygens (including phenoxy) is 1. The van der Waals surface area contributed by atoms with Gasteiger partial charge in [-0.3, -0.25) is 4.79 Å². The number of piperazine rings is 1. The lowest BCUT2D eigenvalue weighted by Gasteiger charge is -2.37. The molecule has 4 rings (SSSR count). The van der Waals surface area contributed by atoms with Crippen LogP contribution in [0.4, 0.5) is 11.6 Å². The molecule has 1 amide bonds. The summed E-state index contributed by atoms with van der Waals surface area (Å²) >= 11 is 0. The van der Waals surface area contributed by atoms with Gasteiger partial charge in [-0.15, -0.1) is 5.10 Å². The maximum atomic E-state index is 12.6. The highest BCUT2D eigenvalue weighted by Crippen LogP contribution is 2.24. The summed E-state index contributed by atoms with van der Waals surface area (Å²) in [4.78, 5) is 30.4. The van der Waals surface area contributed by atoms with Crippen molar-refractivity contribution in [2.45, 2.75) is 79.8 Å². The summed E-state index contributed by atoms with van der Waals surface area (Å²) in [5.41, 5.74) is 9.77. The van der Waals surface area contributed by atoms with Crippen molar-refractivity contribution in [2.75, 3.05) is 36.8 Å². The number of anilines is 2. The Labute approximate surface area is 225 Å². The number of nitrogen functional groups attached to an aromatic ring is 1. The van der Waals surface area contributed by atoms with E-state index in [2.05, 4.69) is 67.6 Å². The van der Waals surface area contributed by atoms with E-state index in [4.69, 9.17) is 15.5 Å². The van der Waals surface area contributed by atoms with Crippen molar-refractivity contribution < 1.29 is 9.53 Å². The van der Waals surface area contributed by atoms with Gasteiger partial charge in [-0.1, -0.05) is 47.1 Å². The van der Waals surface area contributed by atoms with E-state index >= 15 is 0 Å². The molecule has 1 atom stereocenters. The molecule has 1 aliphatic heterocycles. The third-order valence-electron chi connectivity index (χ3n) is 6.88. The predicted octanol–water partition coefficient (Wildman–Crippen LogP) is 4.04. The molecule has 1 unspecified atom stereocenters. The molecule has 38 heavy (non-hydrogen) atoms. The number of carbonyl (C=O) groups excluding carboxylic acids is 1. The third kappa shape index (κ3) is 6.52. The largest absolute Gasteiger partial charge is 0.459 e. The smallest absolute Gasteiger partial charge is 0.336 e. The van der Waals surface area contributed by atoms with Crippen LogP contribution in [0.3, 0.4) is 0 Å². The highest BCUT2D eigenvalue weighted by Gasteiger charge is 2.26. The fourth-order valence-corrected chi connectivity index (χ4v) is 4.91. The SMILES string of the molecule is CCCC(CC)Oc1nc(N)c2ncc(Cc3cnc(N4CCN(C(=O)CC(C)(C)C)CC4)c(C)c3)n2n1. The van der Waals surface area contributed by atoms with Gasteiger partial charge in [0.05, 0.1) is 11.9 Å². The molecule has 206 valence electrons. The first kappa shape index (κ1) is 27.6. The molecular weight excluding hydrogens is 480 g/mol. The van der Waals surface area contributed by atoms with Gasteiger partial charge in [-0.2, -0.15) is 4.98 Å². The summed E-state index contributed by atoms with van der Waals surface area (Å²) < 4.78 is 7.75. The van der Waals surface area contributed by atoms with Gasteiger partial charge in [0.2, 0.25) is 5.91 Å². The van der Waals surface area contributed by atoms with Gasteiger partial charge in [0.15, 0.2) is 11.5 Å². The number of aromatic nitrogens is 5. The minimum Gasteiger partial charge on any atom is -0.459 e. The molecule has 0 aliphatic carbocycles. The molecule has 3 aromatic heterocycles. The Hall–Kier alpha value is -3.43. The van der Waals surface area contributed by atoms with Crippen LogP contribution < -0.4 is 15.4 Å². The zero-order valence-electron chi connectivity index (χ0n) is 23.7. The first-order valence-electron chi connectivity index (χ1n) is 13.7. The van der Waals surface area contributed by atoms with E-state index in [9.17, 15) is 4.79 Å². The number of imidazole rings is 1. The lowest BCUT2D eigenvalue weighted by molar-refractivity contribution is -0.133. The molecular formula is C28H42N8O2. The predicted molar refractivity (Wildman–Crippen MR) is 149 cm³/mol. The van der Waals surface area contributed by atoms with Gasteiger partial charge < -0.3 is 20.3 Å². The number of fused-ring (bicyclic) bond motifs is 1. The van der Waals surface area contributed by atoms with E-state index in [1.54, 1.807) is 10.7 Å². The van der Waals surface area contributed by atoms with Crippen molar-refractivity contribution in [1.82, 2.24) is 29.5 Å². The average Bonchev–Trinajstić information content (AvgIpc) is 3.26. The second-order valence-electron chi connectivity index (χ2n) is 11.5. The highest BCUT2D eigenvalue weighted by molar-refractivity contribution is 5.77. The van der Waals surface area contributed by atoms with Crippen LogP contribution >= 0.6 is 0 Å². The van der Waals surface area contributed by atoms with Crippen LogP contribution in [0, 0.1) is 12.3 Å². The topological polar surface area (TPSA) is 115 Å². The molecule has 1 saturated heterocycles. The second-order valence-corrected chi connectivity index (χ2v) is 11.5. The molecule has 0 saturated carbocycles. The van der Waals surface area contributed by atoms with Crippen LogP contribution in [-0.4, -0.2) is 67.7 Å². The molecule has 0 aromatic carbocycles. The highest BCUT2D eigenvalue weighted by atomic mass is 16.5. The molecule has 1 fully saturated rings. The van der Waals surface area contributed by atoms with Crippen LogP contribution in [0.15, 0.2) is 18.5 Å². The van der Waals surface area contributed by atoms with Gasteiger partial charge >= 0.3 is 6.01 Å². The zero-order chi connectivity index (χ0) is 27.4. The first-order chi connectivity index (χ1) is 18.1. The molecule has 3 aromatic rings. The minimum atomic E-state index is 0.00234. The fourth-order valence-electron chi connectivity index (χ4n) is 4.91. The number of rotatable bonds is 9. The van der Waals surface area contributed by atoms with Crippen molar-refractivity contribution in [2.24, 2.45) is 5.41 Å². The van der Waals surface area contributed by atoms with Crippen LogP contribution in [0.25, 0.3) is 5.65 Å². The van der Waals surface area contributed by atoms with Gasteiger partial charge in [-0.25, -0.2) is 14.5 Å². The van der Waals surface area contributed by atoms with Crippen molar-refractivity contribution >= 4 is 23.2 Å². The van der Waals surface area contributed by atoms with Gasteiger partial charge in [0.1, 0.15) is 11.9 Å². The zero-order valence-corrected chi connectivity index (χ0v) is 23.7. The Balaban J connectivity index is 1.45. The number of pyridine rings is 1. The van der Waals surface area contributed by atoms with Crippen molar-refractivity contribution in [3.8, 4) is 6.01 Å². The van der Waals surface area contributed by atoms with E-state index < -0.39 is 0 Å². The Morgan fingerprint density at radius 2 is 1.87 bits per heavy atom. The molecule has 10 heteroatoms. The van der Waals surface area contributed by atoms with Gasteiger partial charge in [-0.05, 0) is 36.3 Å². The summed E-state index contributed by atoms with van der Waals surface area (Å²) in [6, 6.07) is 2.44.